The van der Waals surface area contributed by atoms with Gasteiger partial charge >= 0.3 is 0 Å². The summed E-state index contributed by atoms with van der Waals surface area (Å²) in [5.74, 6) is 0.534. The molecule has 0 aromatic heterocycles. The molecule has 31 heavy (non-hydrogen) atoms. The van der Waals surface area contributed by atoms with Gasteiger partial charge in [-0.25, -0.2) is 13.8 Å². The van der Waals surface area contributed by atoms with Crippen LogP contribution in [0.4, 0.5) is 0 Å². The van der Waals surface area contributed by atoms with Crippen molar-refractivity contribution in [1.29, 1.82) is 0 Å². The lowest BCUT2D eigenvalue weighted by atomic mass is 10.1. The number of nitrogens with one attached hydrogen (secondary N) is 1. The van der Waals surface area contributed by atoms with Gasteiger partial charge in [-0.05, 0) is 46.7 Å². The van der Waals surface area contributed by atoms with E-state index >= 15 is 0 Å². The van der Waals surface area contributed by atoms with Crippen molar-refractivity contribution in [3.8, 4) is 11.5 Å². The number of hydrazone groups is 1. The Hall–Kier alpha value is -3.43. The molecule has 3 rings (SSSR count). The summed E-state index contributed by atoms with van der Waals surface area (Å²) < 4.78 is 37.0. The molecule has 0 atom stereocenters. The lowest BCUT2D eigenvalue weighted by molar-refractivity contribution is -0.121. The SMILES string of the molecule is COc1ccc(/C=N/NC(=O)CN(C)S(=O)(=O)c2ccc3ccccc3c2)cc1OC. The molecule has 3 aromatic carbocycles. The highest BCUT2D eigenvalue weighted by Crippen LogP contribution is 2.26. The van der Waals surface area contributed by atoms with Crippen LogP contribution in [0.2, 0.25) is 0 Å². The first-order valence-electron chi connectivity index (χ1n) is 9.34. The van der Waals surface area contributed by atoms with Gasteiger partial charge in [0.25, 0.3) is 5.91 Å². The maximum atomic E-state index is 12.8. The van der Waals surface area contributed by atoms with Gasteiger partial charge in [0.1, 0.15) is 0 Å². The van der Waals surface area contributed by atoms with Gasteiger partial charge < -0.3 is 9.47 Å². The number of carbonyl (C=O) groups excluding carboxylic acids is 1. The third kappa shape index (κ3) is 5.19. The van der Waals surface area contributed by atoms with Crippen LogP contribution in [-0.4, -0.2) is 52.7 Å². The number of fused-ring (bicyclic) bond motifs is 1. The molecule has 3 aromatic rings. The number of ether oxygens (including phenoxy) is 2. The third-order valence-corrected chi connectivity index (χ3v) is 6.41. The van der Waals surface area contributed by atoms with Crippen LogP contribution in [0.3, 0.4) is 0 Å². The van der Waals surface area contributed by atoms with Crippen LogP contribution in [-0.2, 0) is 14.8 Å². The largest absolute Gasteiger partial charge is 0.493 e. The number of hydrogen-bond acceptors (Lipinski definition) is 6. The zero-order valence-electron chi connectivity index (χ0n) is 17.4. The minimum Gasteiger partial charge on any atom is -0.493 e. The molecule has 0 bridgehead atoms. The Morgan fingerprint density at radius 1 is 1.00 bits per heavy atom. The summed E-state index contributed by atoms with van der Waals surface area (Å²) in [5, 5.41) is 5.62. The quantitative estimate of drug-likeness (QED) is 0.428. The summed E-state index contributed by atoms with van der Waals surface area (Å²) in [6, 6.07) is 17.5. The summed E-state index contributed by atoms with van der Waals surface area (Å²) in [5.41, 5.74) is 3.01. The number of methoxy groups -OCH3 is 2. The Balaban J connectivity index is 1.64. The molecule has 0 aliphatic rings. The van der Waals surface area contributed by atoms with Gasteiger partial charge in [-0.2, -0.15) is 9.41 Å². The van der Waals surface area contributed by atoms with Crippen LogP contribution in [0, 0.1) is 0 Å². The van der Waals surface area contributed by atoms with Crippen LogP contribution < -0.4 is 14.9 Å². The minimum atomic E-state index is -3.83. The standard InChI is InChI=1S/C22H23N3O5S/c1-25(31(27,28)19-10-9-17-6-4-5-7-18(17)13-19)15-22(26)24-23-14-16-8-11-20(29-2)21(12-16)30-3/h4-14H,15H2,1-3H3,(H,24,26)/b23-14+. The maximum Gasteiger partial charge on any atom is 0.255 e. The molecule has 8 nitrogen and oxygen atoms in total. The van der Waals surface area contributed by atoms with Gasteiger partial charge in [-0.15, -0.1) is 0 Å². The highest BCUT2D eigenvalue weighted by molar-refractivity contribution is 7.89. The number of carbonyl (C=O) groups is 1. The summed E-state index contributed by atoms with van der Waals surface area (Å²) in [6.45, 7) is -0.377. The van der Waals surface area contributed by atoms with Crippen LogP contribution in [0.1, 0.15) is 5.56 Å². The Morgan fingerprint density at radius 3 is 2.42 bits per heavy atom. The Labute approximate surface area is 181 Å². The van der Waals surface area contributed by atoms with E-state index in [1.54, 1.807) is 30.3 Å². The first kappa shape index (κ1) is 22.3. The van der Waals surface area contributed by atoms with E-state index in [1.807, 2.05) is 24.3 Å². The molecule has 0 unspecified atom stereocenters. The second-order valence-corrected chi connectivity index (χ2v) is 8.72. The number of benzene rings is 3. The van der Waals surface area contributed by atoms with Crippen molar-refractivity contribution in [3.05, 3.63) is 66.2 Å². The second kappa shape index (κ2) is 9.59. The van der Waals surface area contributed by atoms with E-state index in [0.29, 0.717) is 17.1 Å². The first-order chi connectivity index (χ1) is 14.8. The van der Waals surface area contributed by atoms with Gasteiger partial charge in [-0.3, -0.25) is 4.79 Å². The second-order valence-electron chi connectivity index (χ2n) is 6.68. The molecule has 0 saturated heterocycles. The highest BCUT2D eigenvalue weighted by Gasteiger charge is 2.23. The first-order valence-corrected chi connectivity index (χ1v) is 10.8. The number of likely N-dealkylation sites (N-methyl/N-ethyl adjacent to an activating group) is 1. The van der Waals surface area contributed by atoms with Gasteiger partial charge in [0, 0.05) is 7.05 Å². The molecule has 1 N–H and O–H groups in total. The van der Waals surface area contributed by atoms with Crippen molar-refractivity contribution < 1.29 is 22.7 Å². The van der Waals surface area contributed by atoms with Crippen molar-refractivity contribution in [2.45, 2.75) is 4.90 Å². The van der Waals surface area contributed by atoms with Crippen molar-refractivity contribution in [3.63, 3.8) is 0 Å². The molecule has 0 aliphatic carbocycles. The van der Waals surface area contributed by atoms with E-state index in [1.165, 1.54) is 33.5 Å². The Bertz CT molecular complexity index is 1220. The van der Waals surface area contributed by atoms with Gasteiger partial charge in [0.05, 0.1) is 31.9 Å². The third-order valence-electron chi connectivity index (χ3n) is 4.61. The van der Waals surface area contributed by atoms with Gasteiger partial charge in [0.2, 0.25) is 10.0 Å². The Kier molecular flexibility index (Phi) is 6.88. The predicted octanol–water partition coefficient (Wildman–Crippen LogP) is 2.63. The number of sulfonamides is 1. The van der Waals surface area contributed by atoms with E-state index in [-0.39, 0.29) is 11.4 Å². The van der Waals surface area contributed by atoms with Crippen molar-refractivity contribution >= 4 is 32.9 Å². The van der Waals surface area contributed by atoms with E-state index in [9.17, 15) is 13.2 Å². The molecule has 0 aliphatic heterocycles. The van der Waals surface area contributed by atoms with Crippen LogP contribution in [0.5, 0.6) is 11.5 Å². The van der Waals surface area contributed by atoms with E-state index in [2.05, 4.69) is 10.5 Å². The van der Waals surface area contributed by atoms with Gasteiger partial charge in [0.15, 0.2) is 11.5 Å². The zero-order valence-corrected chi connectivity index (χ0v) is 18.2. The zero-order chi connectivity index (χ0) is 22.4. The fraction of sp³-hybridized carbons (Fsp3) is 0.182. The van der Waals surface area contributed by atoms with Gasteiger partial charge in [-0.1, -0.05) is 30.3 Å². The molecular formula is C22H23N3O5S. The number of nitrogens with zero attached hydrogens (tertiary/aromatic N) is 2. The average Bonchev–Trinajstić information content (AvgIpc) is 2.78. The molecule has 0 spiro atoms. The molecule has 0 radical (unpaired) electrons. The van der Waals surface area contributed by atoms with E-state index in [4.69, 9.17) is 9.47 Å². The van der Waals surface area contributed by atoms with Crippen LogP contribution in [0.25, 0.3) is 10.8 Å². The normalized spacial score (nSPS) is 11.7. The summed E-state index contributed by atoms with van der Waals surface area (Å²) in [7, 11) is 0.576. The van der Waals surface area contributed by atoms with Crippen molar-refractivity contribution in [2.24, 2.45) is 5.10 Å². The smallest absolute Gasteiger partial charge is 0.255 e. The average molecular weight is 442 g/mol. The fourth-order valence-corrected chi connectivity index (χ4v) is 4.11. The highest BCUT2D eigenvalue weighted by atomic mass is 32.2. The molecule has 0 heterocycles. The van der Waals surface area contributed by atoms with Crippen molar-refractivity contribution in [1.82, 2.24) is 9.73 Å². The van der Waals surface area contributed by atoms with E-state index in [0.717, 1.165) is 15.1 Å². The monoisotopic (exact) mass is 441 g/mol. The molecule has 0 fully saturated rings. The summed E-state index contributed by atoms with van der Waals surface area (Å²) >= 11 is 0. The topological polar surface area (TPSA) is 97.3 Å². The molecule has 1 amide bonds. The van der Waals surface area contributed by atoms with Crippen LogP contribution >= 0.6 is 0 Å². The predicted molar refractivity (Wildman–Crippen MR) is 119 cm³/mol. The lowest BCUT2D eigenvalue weighted by Gasteiger charge is -2.16. The van der Waals surface area contributed by atoms with Crippen molar-refractivity contribution in [2.75, 3.05) is 27.8 Å². The summed E-state index contributed by atoms with van der Waals surface area (Å²) in [4.78, 5) is 12.3. The number of hydrogen-bond donors (Lipinski definition) is 1. The number of amides is 1. The Morgan fingerprint density at radius 2 is 1.71 bits per heavy atom. The summed E-state index contributed by atoms with van der Waals surface area (Å²) in [6.07, 6.45) is 1.43. The molecule has 9 heteroatoms. The molecule has 0 saturated carbocycles. The number of rotatable bonds is 8. The lowest BCUT2D eigenvalue weighted by Crippen LogP contribution is -2.36. The van der Waals surface area contributed by atoms with Crippen LogP contribution in [0.15, 0.2) is 70.7 Å². The fourth-order valence-electron chi connectivity index (χ4n) is 2.94. The minimum absolute atomic E-state index is 0.121. The molecule has 162 valence electrons. The maximum absolute atomic E-state index is 12.8. The van der Waals surface area contributed by atoms with E-state index < -0.39 is 15.9 Å². The molecular weight excluding hydrogens is 418 g/mol.